The molecule has 0 saturated carbocycles. The molecule has 0 aliphatic carbocycles. The van der Waals surface area contributed by atoms with Crippen molar-refractivity contribution >= 4 is 29.1 Å². The SMILES string of the molecule is CC(=O)NC(NC(C)=O)c1cc([N+](=O)[O-])ccc1Cl. The summed E-state index contributed by atoms with van der Waals surface area (Å²) in [6, 6.07) is 3.79. The van der Waals surface area contributed by atoms with Gasteiger partial charge in [0.15, 0.2) is 0 Å². The third kappa shape index (κ3) is 4.22. The van der Waals surface area contributed by atoms with E-state index in [4.69, 9.17) is 11.6 Å². The first kappa shape index (κ1) is 14.9. The molecule has 0 bridgehead atoms. The van der Waals surface area contributed by atoms with Crippen LogP contribution in [0.3, 0.4) is 0 Å². The van der Waals surface area contributed by atoms with Gasteiger partial charge in [0.05, 0.1) is 4.92 Å². The van der Waals surface area contributed by atoms with Crippen molar-refractivity contribution < 1.29 is 14.5 Å². The molecule has 0 aliphatic heterocycles. The van der Waals surface area contributed by atoms with Crippen LogP contribution in [0.25, 0.3) is 0 Å². The normalized spacial score (nSPS) is 10.1. The minimum Gasteiger partial charge on any atom is -0.332 e. The lowest BCUT2D eigenvalue weighted by Crippen LogP contribution is -2.39. The first-order chi connectivity index (χ1) is 8.81. The molecule has 2 N–H and O–H groups in total. The summed E-state index contributed by atoms with van der Waals surface area (Å²) < 4.78 is 0. The van der Waals surface area contributed by atoms with Crippen LogP contribution in [0.4, 0.5) is 5.69 Å². The van der Waals surface area contributed by atoms with Crippen LogP contribution in [0, 0.1) is 10.1 Å². The monoisotopic (exact) mass is 285 g/mol. The predicted molar refractivity (Wildman–Crippen MR) is 68.5 cm³/mol. The van der Waals surface area contributed by atoms with Gasteiger partial charge in [0.25, 0.3) is 5.69 Å². The van der Waals surface area contributed by atoms with Crippen molar-refractivity contribution in [3.05, 3.63) is 38.9 Å². The first-order valence-corrected chi connectivity index (χ1v) is 5.67. The van der Waals surface area contributed by atoms with Gasteiger partial charge in [-0.1, -0.05) is 11.6 Å². The first-order valence-electron chi connectivity index (χ1n) is 5.29. The molecule has 0 spiro atoms. The van der Waals surface area contributed by atoms with E-state index in [1.807, 2.05) is 0 Å². The number of hydrogen-bond donors (Lipinski definition) is 2. The van der Waals surface area contributed by atoms with Crippen LogP contribution in [-0.4, -0.2) is 16.7 Å². The van der Waals surface area contributed by atoms with Gasteiger partial charge in [0.2, 0.25) is 11.8 Å². The lowest BCUT2D eigenvalue weighted by atomic mass is 10.1. The van der Waals surface area contributed by atoms with Gasteiger partial charge in [-0.15, -0.1) is 0 Å². The van der Waals surface area contributed by atoms with E-state index in [1.165, 1.54) is 32.0 Å². The highest BCUT2D eigenvalue weighted by atomic mass is 35.5. The van der Waals surface area contributed by atoms with Gasteiger partial charge in [-0.05, 0) is 6.07 Å². The Morgan fingerprint density at radius 1 is 1.26 bits per heavy atom. The van der Waals surface area contributed by atoms with Crippen molar-refractivity contribution in [2.45, 2.75) is 20.0 Å². The number of hydrogen-bond acceptors (Lipinski definition) is 4. The molecular formula is C11H12ClN3O4. The van der Waals surface area contributed by atoms with Gasteiger partial charge in [-0.3, -0.25) is 19.7 Å². The summed E-state index contributed by atoms with van der Waals surface area (Å²) >= 11 is 5.94. The van der Waals surface area contributed by atoms with Gasteiger partial charge < -0.3 is 10.6 Å². The zero-order chi connectivity index (χ0) is 14.6. The topological polar surface area (TPSA) is 101 Å². The number of rotatable bonds is 4. The number of amides is 2. The minimum atomic E-state index is -0.914. The molecule has 1 aromatic rings. The van der Waals surface area contributed by atoms with E-state index in [1.54, 1.807) is 0 Å². The fourth-order valence-electron chi connectivity index (χ4n) is 1.46. The maximum absolute atomic E-state index is 11.1. The molecule has 102 valence electrons. The standard InChI is InChI=1S/C11H12ClN3O4/c1-6(16)13-11(14-7(2)17)9-5-8(15(18)19)3-4-10(9)12/h3-5,11H,1-2H3,(H,13,16)(H,14,17). The Labute approximate surface area is 114 Å². The number of benzene rings is 1. The van der Waals surface area contributed by atoms with Crippen LogP contribution < -0.4 is 10.6 Å². The zero-order valence-corrected chi connectivity index (χ0v) is 11.0. The number of nitro groups is 1. The van der Waals surface area contributed by atoms with Gasteiger partial charge in [0.1, 0.15) is 6.17 Å². The minimum absolute atomic E-state index is 0.180. The molecule has 0 heterocycles. The van der Waals surface area contributed by atoms with E-state index in [0.717, 1.165) is 0 Å². The maximum atomic E-state index is 11.1. The van der Waals surface area contributed by atoms with Gasteiger partial charge in [0, 0.05) is 36.6 Å². The van der Waals surface area contributed by atoms with Gasteiger partial charge in [-0.2, -0.15) is 0 Å². The highest BCUT2D eigenvalue weighted by Crippen LogP contribution is 2.26. The Hall–Kier alpha value is -2.15. The molecule has 0 radical (unpaired) electrons. The van der Waals surface area contributed by atoms with E-state index in [-0.39, 0.29) is 16.3 Å². The molecule has 19 heavy (non-hydrogen) atoms. The Kier molecular flexibility index (Phi) is 4.82. The van der Waals surface area contributed by atoms with Crippen molar-refractivity contribution in [2.75, 3.05) is 0 Å². The number of non-ortho nitro benzene ring substituents is 1. The highest BCUT2D eigenvalue weighted by molar-refractivity contribution is 6.31. The lowest BCUT2D eigenvalue weighted by Gasteiger charge is -2.19. The number of carbonyl (C=O) groups is 2. The molecule has 1 rings (SSSR count). The second-order valence-corrected chi connectivity index (χ2v) is 4.20. The average Bonchev–Trinajstić information content (AvgIpc) is 2.27. The van der Waals surface area contributed by atoms with Crippen LogP contribution in [-0.2, 0) is 9.59 Å². The number of halogens is 1. The molecule has 0 unspecified atom stereocenters. The third-order valence-electron chi connectivity index (χ3n) is 2.20. The van der Waals surface area contributed by atoms with Crippen molar-refractivity contribution in [1.82, 2.24) is 10.6 Å². The molecule has 0 atom stereocenters. The highest BCUT2D eigenvalue weighted by Gasteiger charge is 2.20. The largest absolute Gasteiger partial charge is 0.332 e. The summed E-state index contributed by atoms with van der Waals surface area (Å²) in [5, 5.41) is 15.8. The van der Waals surface area contributed by atoms with Crippen molar-refractivity contribution in [3.8, 4) is 0 Å². The predicted octanol–water partition coefficient (Wildman–Crippen LogP) is 1.52. The number of nitrogens with one attached hydrogen (secondary N) is 2. The van der Waals surface area contributed by atoms with Crippen LogP contribution in [0.1, 0.15) is 25.6 Å². The van der Waals surface area contributed by atoms with E-state index < -0.39 is 22.9 Å². The summed E-state index contributed by atoms with van der Waals surface area (Å²) in [6.45, 7) is 2.53. The Bertz CT molecular complexity index is 517. The van der Waals surface area contributed by atoms with Gasteiger partial charge >= 0.3 is 0 Å². The second-order valence-electron chi connectivity index (χ2n) is 3.80. The average molecular weight is 286 g/mol. The van der Waals surface area contributed by atoms with Crippen LogP contribution in [0.5, 0.6) is 0 Å². The molecule has 2 amide bonds. The Morgan fingerprint density at radius 3 is 2.21 bits per heavy atom. The summed E-state index contributed by atoms with van der Waals surface area (Å²) in [5.41, 5.74) is 0.0707. The summed E-state index contributed by atoms with van der Waals surface area (Å²) in [7, 11) is 0. The molecule has 7 nitrogen and oxygen atoms in total. The summed E-state index contributed by atoms with van der Waals surface area (Å²) in [5.74, 6) is -0.803. The Morgan fingerprint density at radius 2 is 1.79 bits per heavy atom. The van der Waals surface area contributed by atoms with Crippen molar-refractivity contribution in [1.29, 1.82) is 0 Å². The Balaban J connectivity index is 3.19. The van der Waals surface area contributed by atoms with Crippen molar-refractivity contribution in [2.24, 2.45) is 0 Å². The zero-order valence-electron chi connectivity index (χ0n) is 10.3. The number of carbonyl (C=O) groups excluding carboxylic acids is 2. The second kappa shape index (κ2) is 6.14. The molecule has 0 saturated heterocycles. The molecule has 8 heteroatoms. The molecule has 0 aromatic heterocycles. The van der Waals surface area contributed by atoms with Crippen LogP contribution in [0.2, 0.25) is 5.02 Å². The smallest absolute Gasteiger partial charge is 0.269 e. The molecule has 0 aliphatic rings. The maximum Gasteiger partial charge on any atom is 0.269 e. The van der Waals surface area contributed by atoms with Crippen LogP contribution >= 0.6 is 11.6 Å². The molecular weight excluding hydrogens is 274 g/mol. The van der Waals surface area contributed by atoms with Crippen LogP contribution in [0.15, 0.2) is 18.2 Å². The summed E-state index contributed by atoms with van der Waals surface area (Å²) in [6.07, 6.45) is -0.914. The third-order valence-corrected chi connectivity index (χ3v) is 2.54. The lowest BCUT2D eigenvalue weighted by molar-refractivity contribution is -0.384. The fraction of sp³-hybridized carbons (Fsp3) is 0.273. The number of nitro benzene ring substituents is 1. The quantitative estimate of drug-likeness (QED) is 0.497. The van der Waals surface area contributed by atoms with Crippen molar-refractivity contribution in [3.63, 3.8) is 0 Å². The molecule has 0 fully saturated rings. The van der Waals surface area contributed by atoms with E-state index >= 15 is 0 Å². The van der Waals surface area contributed by atoms with E-state index in [9.17, 15) is 19.7 Å². The number of nitrogens with zero attached hydrogens (tertiary/aromatic N) is 1. The van der Waals surface area contributed by atoms with E-state index in [2.05, 4.69) is 10.6 Å². The molecule has 1 aromatic carbocycles. The fourth-order valence-corrected chi connectivity index (χ4v) is 1.69. The summed E-state index contributed by atoms with van der Waals surface area (Å²) in [4.78, 5) is 32.3. The van der Waals surface area contributed by atoms with Gasteiger partial charge in [-0.25, -0.2) is 0 Å². The van der Waals surface area contributed by atoms with E-state index in [0.29, 0.717) is 0 Å².